The highest BCUT2D eigenvalue weighted by Gasteiger charge is 2.14. The average Bonchev–Trinajstić information content (AvgIpc) is 3.49. The first-order chi connectivity index (χ1) is 15.6. The summed E-state index contributed by atoms with van der Waals surface area (Å²) >= 11 is 1.45. The number of nitrogens with zero attached hydrogens (tertiary/aromatic N) is 5. The van der Waals surface area contributed by atoms with Crippen LogP contribution in [0.4, 0.5) is 10.8 Å². The fraction of sp³-hybridized carbons (Fsp3) is 0.250. The summed E-state index contributed by atoms with van der Waals surface area (Å²) in [6, 6.07) is 2.11. The number of aryl methyl sites for hydroxylation is 1. The number of allylic oxidation sites excluding steroid dienone is 6. The van der Waals surface area contributed by atoms with Crippen molar-refractivity contribution < 1.29 is 0 Å². The van der Waals surface area contributed by atoms with Gasteiger partial charge in [0, 0.05) is 24.4 Å². The fourth-order valence-electron chi connectivity index (χ4n) is 3.94. The van der Waals surface area contributed by atoms with E-state index in [1.165, 1.54) is 22.7 Å². The van der Waals surface area contributed by atoms with E-state index >= 15 is 0 Å². The second-order valence-electron chi connectivity index (χ2n) is 8.10. The van der Waals surface area contributed by atoms with Crippen LogP contribution in [0.2, 0.25) is 0 Å². The molecule has 1 unspecified atom stereocenters. The van der Waals surface area contributed by atoms with Crippen LogP contribution in [0.15, 0.2) is 66.3 Å². The highest BCUT2D eigenvalue weighted by molar-refractivity contribution is 7.10. The molecular weight excluding hydrogens is 418 g/mol. The number of nitrogens with one attached hydrogen (secondary N) is 2. The standard InChI is InChI=1S/C24H25N7S/c1-4-17-6-5-15(2)7-18(8-17)9-20-10-22(32-30-20)29-23-24-25-13-21(19-11-26-27-12-19)31(24)14-16(3)28-23/h5-8,10-14,17H,4,9H2,1-3H3,(H,26,27)(H,28,29). The van der Waals surface area contributed by atoms with E-state index in [-0.39, 0.29) is 0 Å². The van der Waals surface area contributed by atoms with Crippen LogP contribution in [0, 0.1) is 12.8 Å². The third kappa shape index (κ3) is 4.13. The van der Waals surface area contributed by atoms with Gasteiger partial charge >= 0.3 is 0 Å². The van der Waals surface area contributed by atoms with Crippen molar-refractivity contribution in [2.45, 2.75) is 33.6 Å². The van der Waals surface area contributed by atoms with Gasteiger partial charge in [-0.3, -0.25) is 9.50 Å². The van der Waals surface area contributed by atoms with Crippen LogP contribution in [-0.4, -0.2) is 28.9 Å². The van der Waals surface area contributed by atoms with E-state index < -0.39 is 0 Å². The normalized spacial score (nSPS) is 16.2. The Morgan fingerprint density at radius 3 is 2.97 bits per heavy atom. The molecule has 4 aromatic rings. The van der Waals surface area contributed by atoms with Crippen molar-refractivity contribution >= 4 is 28.0 Å². The molecule has 5 rings (SSSR count). The predicted molar refractivity (Wildman–Crippen MR) is 129 cm³/mol. The van der Waals surface area contributed by atoms with Crippen LogP contribution in [-0.2, 0) is 6.42 Å². The summed E-state index contributed by atoms with van der Waals surface area (Å²) in [7, 11) is 0. The van der Waals surface area contributed by atoms with Crippen molar-refractivity contribution in [3.8, 4) is 11.3 Å². The minimum atomic E-state index is 0.476. The molecule has 0 aliphatic heterocycles. The van der Waals surface area contributed by atoms with Crippen LogP contribution in [0.25, 0.3) is 16.9 Å². The lowest BCUT2D eigenvalue weighted by Crippen LogP contribution is -2.00. The molecule has 0 fully saturated rings. The quantitative estimate of drug-likeness (QED) is 0.403. The maximum absolute atomic E-state index is 4.69. The summed E-state index contributed by atoms with van der Waals surface area (Å²) in [5, 5.41) is 11.3. The molecule has 0 spiro atoms. The van der Waals surface area contributed by atoms with Crippen LogP contribution in [0.1, 0.15) is 31.7 Å². The van der Waals surface area contributed by atoms with E-state index in [1.807, 2.05) is 29.9 Å². The molecule has 0 saturated carbocycles. The molecule has 7 nitrogen and oxygen atoms in total. The number of hydrogen-bond donors (Lipinski definition) is 2. The Labute approximate surface area is 190 Å². The second-order valence-corrected chi connectivity index (χ2v) is 8.91. The van der Waals surface area contributed by atoms with Gasteiger partial charge in [0.1, 0.15) is 5.00 Å². The summed E-state index contributed by atoms with van der Waals surface area (Å²) < 4.78 is 6.72. The first-order valence-corrected chi connectivity index (χ1v) is 11.5. The number of aromatic amines is 1. The minimum Gasteiger partial charge on any atom is -0.328 e. The summed E-state index contributed by atoms with van der Waals surface area (Å²) in [4.78, 5) is 9.30. The molecule has 0 radical (unpaired) electrons. The van der Waals surface area contributed by atoms with Gasteiger partial charge in [0.15, 0.2) is 11.5 Å². The number of H-pyrrole nitrogens is 1. The van der Waals surface area contributed by atoms with Crippen molar-refractivity contribution in [1.29, 1.82) is 0 Å². The SMILES string of the molecule is CCC1C=CC(C)=CC(Cc2cc(Nc3nc(C)cn4c(-c5cn[nH]c5)cnc34)sn2)=C1. The first kappa shape index (κ1) is 20.4. The molecule has 162 valence electrons. The number of anilines is 2. The Kier molecular flexibility index (Phi) is 5.45. The first-order valence-electron chi connectivity index (χ1n) is 10.7. The van der Waals surface area contributed by atoms with Gasteiger partial charge in [-0.2, -0.15) is 9.47 Å². The number of fused-ring (bicyclic) bond motifs is 1. The number of imidazole rings is 1. The molecule has 0 aromatic carbocycles. The average molecular weight is 444 g/mol. The van der Waals surface area contributed by atoms with E-state index in [4.69, 9.17) is 4.98 Å². The van der Waals surface area contributed by atoms with Crippen molar-refractivity contribution in [3.63, 3.8) is 0 Å². The molecule has 8 heteroatoms. The third-order valence-corrected chi connectivity index (χ3v) is 6.25. The number of hydrogen-bond acceptors (Lipinski definition) is 6. The Hall–Kier alpha value is -3.52. The maximum Gasteiger partial charge on any atom is 0.180 e. The van der Waals surface area contributed by atoms with Crippen LogP contribution >= 0.6 is 11.5 Å². The molecule has 2 N–H and O–H groups in total. The highest BCUT2D eigenvalue weighted by atomic mass is 32.1. The van der Waals surface area contributed by atoms with E-state index in [1.54, 1.807) is 6.20 Å². The molecule has 1 atom stereocenters. The highest BCUT2D eigenvalue weighted by Crippen LogP contribution is 2.28. The lowest BCUT2D eigenvalue weighted by molar-refractivity contribution is 0.768. The molecule has 4 aromatic heterocycles. The van der Waals surface area contributed by atoms with E-state index in [2.05, 4.69) is 69.1 Å². The van der Waals surface area contributed by atoms with Crippen molar-refractivity contribution in [2.75, 3.05) is 5.32 Å². The fourth-order valence-corrected chi connectivity index (χ4v) is 4.60. The zero-order valence-electron chi connectivity index (χ0n) is 18.3. The van der Waals surface area contributed by atoms with Crippen molar-refractivity contribution in [1.82, 2.24) is 28.9 Å². The second kappa shape index (κ2) is 8.55. The Morgan fingerprint density at radius 1 is 1.25 bits per heavy atom. The van der Waals surface area contributed by atoms with Gasteiger partial charge in [0.05, 0.1) is 29.5 Å². The zero-order valence-corrected chi connectivity index (χ0v) is 19.1. The smallest absolute Gasteiger partial charge is 0.180 e. The Morgan fingerprint density at radius 2 is 2.16 bits per heavy atom. The van der Waals surface area contributed by atoms with Gasteiger partial charge in [-0.15, -0.1) is 0 Å². The number of rotatable bonds is 6. The van der Waals surface area contributed by atoms with Crippen LogP contribution in [0.3, 0.4) is 0 Å². The van der Waals surface area contributed by atoms with Gasteiger partial charge < -0.3 is 5.32 Å². The van der Waals surface area contributed by atoms with E-state index in [9.17, 15) is 0 Å². The van der Waals surface area contributed by atoms with Gasteiger partial charge in [0.25, 0.3) is 0 Å². The summed E-state index contributed by atoms with van der Waals surface area (Å²) in [5.41, 5.74) is 7.25. The molecule has 32 heavy (non-hydrogen) atoms. The summed E-state index contributed by atoms with van der Waals surface area (Å²) in [6.45, 7) is 6.35. The molecule has 0 saturated heterocycles. The minimum absolute atomic E-state index is 0.476. The summed E-state index contributed by atoms with van der Waals surface area (Å²) in [5.74, 6) is 1.19. The molecule has 1 aliphatic rings. The van der Waals surface area contributed by atoms with Gasteiger partial charge in [-0.1, -0.05) is 36.8 Å². The van der Waals surface area contributed by atoms with Crippen molar-refractivity contribution in [3.05, 3.63) is 77.7 Å². The zero-order chi connectivity index (χ0) is 22.1. The molecule has 1 aliphatic carbocycles. The summed E-state index contributed by atoms with van der Waals surface area (Å²) in [6.07, 6.45) is 18.5. The van der Waals surface area contributed by atoms with Gasteiger partial charge in [-0.05, 0) is 49.4 Å². The van der Waals surface area contributed by atoms with Crippen LogP contribution < -0.4 is 5.32 Å². The lowest BCUT2D eigenvalue weighted by atomic mass is 10.0. The van der Waals surface area contributed by atoms with E-state index in [0.29, 0.717) is 5.92 Å². The van der Waals surface area contributed by atoms with Crippen molar-refractivity contribution in [2.24, 2.45) is 5.92 Å². The predicted octanol–water partition coefficient (Wildman–Crippen LogP) is 5.64. The van der Waals surface area contributed by atoms with Gasteiger partial charge in [0.2, 0.25) is 0 Å². The molecular formula is C24H25N7S. The van der Waals surface area contributed by atoms with Crippen LogP contribution in [0.5, 0.6) is 0 Å². The maximum atomic E-state index is 4.69. The monoisotopic (exact) mass is 443 g/mol. The molecule has 4 heterocycles. The Bertz CT molecular complexity index is 1340. The van der Waals surface area contributed by atoms with E-state index in [0.717, 1.165) is 52.0 Å². The largest absolute Gasteiger partial charge is 0.328 e. The Balaban J connectivity index is 1.40. The topological polar surface area (TPSA) is 83.8 Å². The van der Waals surface area contributed by atoms with Gasteiger partial charge in [-0.25, -0.2) is 9.97 Å². The molecule has 0 bridgehead atoms. The lowest BCUT2D eigenvalue weighted by Gasteiger charge is -2.07. The number of aromatic nitrogens is 6. The third-order valence-electron chi connectivity index (χ3n) is 5.51. The molecule has 0 amide bonds.